The van der Waals surface area contributed by atoms with E-state index in [0.717, 1.165) is 6.07 Å². The number of rotatable bonds is 6. The van der Waals surface area contributed by atoms with Crippen molar-refractivity contribution in [1.29, 1.82) is 0 Å². The van der Waals surface area contributed by atoms with Crippen molar-refractivity contribution in [3.8, 4) is 0 Å². The van der Waals surface area contributed by atoms with Gasteiger partial charge in [-0.25, -0.2) is 9.59 Å². The first-order valence-electron chi connectivity index (χ1n) is 6.19. The molecular formula is C14H15ClO6. The number of carboxylic acid groups (broad SMARTS) is 1. The summed E-state index contributed by atoms with van der Waals surface area (Å²) >= 11 is 5.72. The Morgan fingerprint density at radius 3 is 2.38 bits per heavy atom. The van der Waals surface area contributed by atoms with Gasteiger partial charge in [-0.3, -0.25) is 4.79 Å². The third kappa shape index (κ3) is 4.03. The normalized spacial score (nSPS) is 13.3. The molecule has 0 aliphatic carbocycles. The number of alkyl halides is 1. The highest BCUT2D eigenvalue weighted by Gasteiger charge is 2.24. The second-order valence-corrected chi connectivity index (χ2v) is 4.90. The third-order valence-electron chi connectivity index (χ3n) is 2.72. The second-order valence-electron chi connectivity index (χ2n) is 4.25. The molecule has 0 amide bonds. The number of halogens is 1. The van der Waals surface area contributed by atoms with Crippen LogP contribution in [0.2, 0.25) is 0 Å². The first-order valence-corrected chi connectivity index (χ1v) is 6.63. The van der Waals surface area contributed by atoms with Gasteiger partial charge in [0.25, 0.3) is 0 Å². The number of carbonyl (C=O) groups is 3. The number of hydrogen-bond acceptors (Lipinski definition) is 5. The van der Waals surface area contributed by atoms with E-state index in [-0.39, 0.29) is 23.3 Å². The van der Waals surface area contributed by atoms with E-state index in [1.165, 1.54) is 19.1 Å². The highest BCUT2D eigenvalue weighted by Crippen LogP contribution is 2.21. The monoisotopic (exact) mass is 314 g/mol. The molecule has 0 aliphatic rings. The Bertz CT molecular complexity index is 567. The van der Waals surface area contributed by atoms with Crippen molar-refractivity contribution < 1.29 is 29.3 Å². The average molecular weight is 315 g/mol. The van der Waals surface area contributed by atoms with Crippen LogP contribution >= 0.6 is 11.6 Å². The van der Waals surface area contributed by atoms with Crippen LogP contribution in [0.4, 0.5) is 0 Å². The summed E-state index contributed by atoms with van der Waals surface area (Å²) in [4.78, 5) is 34.6. The molecule has 0 radical (unpaired) electrons. The molecule has 1 aromatic carbocycles. The summed E-state index contributed by atoms with van der Waals surface area (Å²) in [7, 11) is 0. The lowest BCUT2D eigenvalue weighted by atomic mass is 9.97. The molecule has 0 fully saturated rings. The van der Waals surface area contributed by atoms with E-state index in [0.29, 0.717) is 0 Å². The van der Waals surface area contributed by atoms with E-state index in [1.807, 2.05) is 0 Å². The minimum atomic E-state index is -1.80. The topological polar surface area (TPSA) is 101 Å². The van der Waals surface area contributed by atoms with Crippen LogP contribution in [0.15, 0.2) is 18.2 Å². The molecule has 0 bridgehead atoms. The van der Waals surface area contributed by atoms with Crippen LogP contribution in [0.3, 0.4) is 0 Å². The number of aliphatic carboxylic acids is 1. The van der Waals surface area contributed by atoms with Crippen LogP contribution in [0.5, 0.6) is 0 Å². The van der Waals surface area contributed by atoms with E-state index in [2.05, 4.69) is 0 Å². The van der Waals surface area contributed by atoms with Gasteiger partial charge in [-0.1, -0.05) is 12.1 Å². The van der Waals surface area contributed by atoms with Crippen LogP contribution < -0.4 is 0 Å². The molecule has 1 rings (SSSR count). The van der Waals surface area contributed by atoms with Crippen LogP contribution in [0, 0.1) is 0 Å². The molecule has 2 unspecified atom stereocenters. The molecule has 0 spiro atoms. The maximum atomic E-state index is 12.0. The van der Waals surface area contributed by atoms with Crippen LogP contribution in [0.25, 0.3) is 0 Å². The number of aliphatic hydroxyl groups excluding tert-OH is 1. The van der Waals surface area contributed by atoms with Gasteiger partial charge in [0.05, 0.1) is 17.5 Å². The lowest BCUT2D eigenvalue weighted by Crippen LogP contribution is -2.19. The minimum Gasteiger partial charge on any atom is -0.479 e. The molecule has 6 nitrogen and oxygen atoms in total. The van der Waals surface area contributed by atoms with Crippen LogP contribution in [-0.2, 0) is 9.53 Å². The lowest BCUT2D eigenvalue weighted by molar-refractivity contribution is -0.146. The van der Waals surface area contributed by atoms with E-state index in [4.69, 9.17) is 21.4 Å². The van der Waals surface area contributed by atoms with E-state index in [9.17, 15) is 19.5 Å². The molecule has 0 aliphatic heterocycles. The molecule has 2 atom stereocenters. The van der Waals surface area contributed by atoms with Crippen molar-refractivity contribution in [1.82, 2.24) is 0 Å². The summed E-state index contributed by atoms with van der Waals surface area (Å²) in [6.45, 7) is 3.15. The SMILES string of the molecule is CCOC(=O)c1cc(C(O)C(=O)O)ccc1C(=O)C(C)Cl. The fourth-order valence-corrected chi connectivity index (χ4v) is 1.80. The van der Waals surface area contributed by atoms with Crippen molar-refractivity contribution in [3.05, 3.63) is 34.9 Å². The number of carbonyl (C=O) groups excluding carboxylic acids is 2. The van der Waals surface area contributed by atoms with Gasteiger partial charge in [-0.15, -0.1) is 11.6 Å². The average Bonchev–Trinajstić information content (AvgIpc) is 2.45. The van der Waals surface area contributed by atoms with Gasteiger partial charge in [-0.05, 0) is 25.5 Å². The fraction of sp³-hybridized carbons (Fsp3) is 0.357. The van der Waals surface area contributed by atoms with Crippen molar-refractivity contribution >= 4 is 29.3 Å². The zero-order valence-electron chi connectivity index (χ0n) is 11.5. The Morgan fingerprint density at radius 1 is 1.29 bits per heavy atom. The number of ketones is 1. The van der Waals surface area contributed by atoms with Gasteiger partial charge < -0.3 is 14.9 Å². The van der Waals surface area contributed by atoms with Gasteiger partial charge in [0.2, 0.25) is 0 Å². The van der Waals surface area contributed by atoms with Gasteiger partial charge in [0.15, 0.2) is 11.9 Å². The van der Waals surface area contributed by atoms with Gasteiger partial charge >= 0.3 is 11.9 Å². The summed E-state index contributed by atoms with van der Waals surface area (Å²) < 4.78 is 4.83. The number of Topliss-reactive ketones (excluding diaryl/α,β-unsaturated/α-hetero) is 1. The maximum Gasteiger partial charge on any atom is 0.338 e. The Balaban J connectivity index is 3.36. The Labute approximate surface area is 126 Å². The number of aliphatic hydroxyl groups is 1. The molecular weight excluding hydrogens is 300 g/mol. The van der Waals surface area contributed by atoms with Gasteiger partial charge in [0, 0.05) is 5.56 Å². The number of esters is 1. The summed E-state index contributed by atoms with van der Waals surface area (Å²) in [5, 5.41) is 17.4. The van der Waals surface area contributed by atoms with Crippen molar-refractivity contribution in [2.75, 3.05) is 6.61 Å². The third-order valence-corrected chi connectivity index (χ3v) is 2.91. The van der Waals surface area contributed by atoms with Crippen molar-refractivity contribution in [2.24, 2.45) is 0 Å². The molecule has 0 heterocycles. The zero-order valence-corrected chi connectivity index (χ0v) is 12.3. The maximum absolute atomic E-state index is 12.0. The van der Waals surface area contributed by atoms with E-state index < -0.39 is 29.2 Å². The minimum absolute atomic E-state index is 0.0238. The van der Waals surface area contributed by atoms with Crippen LogP contribution in [0.1, 0.15) is 46.2 Å². The molecule has 2 N–H and O–H groups in total. The summed E-state index contributed by atoms with van der Waals surface area (Å²) in [6, 6.07) is 3.65. The summed E-state index contributed by atoms with van der Waals surface area (Å²) in [6.07, 6.45) is -1.80. The number of ether oxygens (including phenoxy) is 1. The molecule has 0 saturated heterocycles. The standard InChI is InChI=1S/C14H15ClO6/c1-3-21-14(20)10-6-8(12(17)13(18)19)4-5-9(10)11(16)7(2)15/h4-7,12,17H,3H2,1-2H3,(H,18,19). The zero-order chi connectivity index (χ0) is 16.2. The number of benzene rings is 1. The highest BCUT2D eigenvalue weighted by molar-refractivity contribution is 6.34. The lowest BCUT2D eigenvalue weighted by Gasteiger charge is -2.13. The van der Waals surface area contributed by atoms with Crippen molar-refractivity contribution in [2.45, 2.75) is 25.3 Å². The molecule has 7 heteroatoms. The molecule has 0 aromatic heterocycles. The van der Waals surface area contributed by atoms with E-state index >= 15 is 0 Å². The molecule has 114 valence electrons. The van der Waals surface area contributed by atoms with Crippen LogP contribution in [-0.4, -0.2) is 39.9 Å². The summed E-state index contributed by atoms with van der Waals surface area (Å²) in [5.74, 6) is -2.73. The molecule has 21 heavy (non-hydrogen) atoms. The smallest absolute Gasteiger partial charge is 0.338 e. The quantitative estimate of drug-likeness (QED) is 0.471. The first kappa shape index (κ1) is 17.1. The predicted octanol–water partition coefficient (Wildman–Crippen LogP) is 1.79. The van der Waals surface area contributed by atoms with Gasteiger partial charge in [0.1, 0.15) is 0 Å². The predicted molar refractivity (Wildman–Crippen MR) is 74.6 cm³/mol. The fourth-order valence-electron chi connectivity index (χ4n) is 1.68. The Kier molecular flexibility index (Phi) is 5.87. The second kappa shape index (κ2) is 7.19. The first-order chi connectivity index (χ1) is 9.79. The van der Waals surface area contributed by atoms with Crippen molar-refractivity contribution in [3.63, 3.8) is 0 Å². The molecule has 0 saturated carbocycles. The largest absolute Gasteiger partial charge is 0.479 e. The Morgan fingerprint density at radius 2 is 1.90 bits per heavy atom. The highest BCUT2D eigenvalue weighted by atomic mass is 35.5. The van der Waals surface area contributed by atoms with Gasteiger partial charge in [-0.2, -0.15) is 0 Å². The molecule has 1 aromatic rings. The Hall–Kier alpha value is -1.92. The van der Waals surface area contributed by atoms with E-state index in [1.54, 1.807) is 6.92 Å². The number of hydrogen-bond donors (Lipinski definition) is 2. The summed E-state index contributed by atoms with van der Waals surface area (Å²) in [5.41, 5.74) is -0.117. The number of carboxylic acids is 1.